The minimum absolute atomic E-state index is 0.615. The lowest BCUT2D eigenvalue weighted by Gasteiger charge is -2.00. The molecule has 1 N–H and O–H groups in total. The summed E-state index contributed by atoms with van der Waals surface area (Å²) in [7, 11) is 0. The zero-order valence-corrected chi connectivity index (χ0v) is 10.3. The maximum atomic E-state index is 9.14. The van der Waals surface area contributed by atoms with Crippen molar-refractivity contribution in [2.24, 2.45) is 0 Å². The zero-order chi connectivity index (χ0) is 11.5. The summed E-state index contributed by atoms with van der Waals surface area (Å²) in [6, 6.07) is 7.72. The van der Waals surface area contributed by atoms with Crippen LogP contribution in [0.25, 0.3) is 10.9 Å². The van der Waals surface area contributed by atoms with E-state index in [4.69, 9.17) is 5.11 Å². The first-order valence-corrected chi connectivity index (χ1v) is 5.70. The van der Waals surface area contributed by atoms with Gasteiger partial charge in [-0.15, -0.1) is 0 Å². The van der Waals surface area contributed by atoms with Gasteiger partial charge in [-0.25, -0.2) is 0 Å². The second-order valence-corrected chi connectivity index (χ2v) is 4.38. The van der Waals surface area contributed by atoms with Gasteiger partial charge in [0.2, 0.25) is 0 Å². The fourth-order valence-electron chi connectivity index (χ4n) is 1.41. The molecule has 80 valence electrons. The lowest BCUT2D eigenvalue weighted by atomic mass is 10.1. The van der Waals surface area contributed by atoms with Crippen LogP contribution in [0.5, 0.6) is 0 Å². The van der Waals surface area contributed by atoms with E-state index in [2.05, 4.69) is 32.8 Å². The Morgan fingerprint density at radius 2 is 2.19 bits per heavy atom. The molecule has 1 aromatic carbocycles. The highest BCUT2D eigenvalue weighted by Gasteiger charge is 2.00. The fraction of sp³-hybridized carbons (Fsp3) is 0.154. The number of benzene rings is 1. The number of aliphatic hydroxyl groups is 1. The van der Waals surface area contributed by atoms with E-state index in [1.165, 1.54) is 0 Å². The molecule has 2 aromatic rings. The third-order valence-electron chi connectivity index (χ3n) is 2.12. The summed E-state index contributed by atoms with van der Waals surface area (Å²) < 4.78 is 0.994. The van der Waals surface area contributed by atoms with Crippen molar-refractivity contribution in [3.05, 3.63) is 40.5 Å². The number of hydrogen-bond donors (Lipinski definition) is 1. The Labute approximate surface area is 102 Å². The van der Waals surface area contributed by atoms with Crippen LogP contribution in [0, 0.1) is 11.8 Å². The van der Waals surface area contributed by atoms with Gasteiger partial charge in [-0.2, -0.15) is 0 Å². The van der Waals surface area contributed by atoms with Gasteiger partial charge in [0.05, 0.1) is 5.52 Å². The first-order chi connectivity index (χ1) is 7.66. The molecule has 0 bridgehead atoms. The maximum absolute atomic E-state index is 9.14. The van der Waals surface area contributed by atoms with Gasteiger partial charge in [0.15, 0.2) is 0 Å². The second-order valence-electron chi connectivity index (χ2n) is 3.47. The molecule has 0 amide bonds. The molecule has 0 saturated heterocycles. The van der Waals surface area contributed by atoms with Gasteiger partial charge in [0, 0.05) is 21.6 Å². The highest BCUT2D eigenvalue weighted by molar-refractivity contribution is 9.10. The summed E-state index contributed by atoms with van der Waals surface area (Å²) in [4.78, 5) is 4.26. The van der Waals surface area contributed by atoms with E-state index >= 15 is 0 Å². The van der Waals surface area contributed by atoms with Gasteiger partial charge in [-0.3, -0.25) is 4.98 Å². The summed E-state index contributed by atoms with van der Waals surface area (Å²) in [6.45, 7) is 1.65. The van der Waals surface area contributed by atoms with Crippen LogP contribution in [-0.2, 0) is 0 Å². The Kier molecular flexibility index (Phi) is 3.23. The van der Waals surface area contributed by atoms with Crippen LogP contribution in [0.1, 0.15) is 12.5 Å². The SMILES string of the molecule is CC(O)C#Cc1ccnc2ccc(Br)cc12. The number of halogens is 1. The van der Waals surface area contributed by atoms with Crippen LogP contribution >= 0.6 is 15.9 Å². The van der Waals surface area contributed by atoms with Crippen LogP contribution in [0.3, 0.4) is 0 Å². The molecule has 3 heteroatoms. The van der Waals surface area contributed by atoms with Crippen LogP contribution in [0.2, 0.25) is 0 Å². The summed E-state index contributed by atoms with van der Waals surface area (Å²) >= 11 is 3.42. The smallest absolute Gasteiger partial charge is 0.112 e. The van der Waals surface area contributed by atoms with Gasteiger partial charge in [-0.05, 0) is 31.2 Å². The predicted molar refractivity (Wildman–Crippen MR) is 68.0 cm³/mol. The largest absolute Gasteiger partial charge is 0.381 e. The van der Waals surface area contributed by atoms with Crippen molar-refractivity contribution >= 4 is 26.8 Å². The Bertz CT molecular complexity index is 581. The number of rotatable bonds is 0. The summed E-state index contributed by atoms with van der Waals surface area (Å²) in [5.74, 6) is 5.69. The monoisotopic (exact) mass is 275 g/mol. The molecule has 1 heterocycles. The predicted octanol–water partition coefficient (Wildman–Crippen LogP) is 2.73. The molecule has 0 aliphatic heterocycles. The van der Waals surface area contributed by atoms with Crippen molar-refractivity contribution in [2.45, 2.75) is 13.0 Å². The topological polar surface area (TPSA) is 33.1 Å². The van der Waals surface area contributed by atoms with E-state index in [1.807, 2.05) is 24.3 Å². The van der Waals surface area contributed by atoms with Crippen LogP contribution in [-0.4, -0.2) is 16.2 Å². The maximum Gasteiger partial charge on any atom is 0.112 e. The van der Waals surface area contributed by atoms with Crippen molar-refractivity contribution in [1.29, 1.82) is 0 Å². The molecular weight excluding hydrogens is 266 g/mol. The summed E-state index contributed by atoms with van der Waals surface area (Å²) in [5.41, 5.74) is 1.78. The molecule has 2 rings (SSSR count). The molecule has 0 saturated carbocycles. The summed E-state index contributed by atoms with van der Waals surface area (Å²) in [6.07, 6.45) is 1.11. The van der Waals surface area contributed by atoms with Gasteiger partial charge in [-0.1, -0.05) is 27.8 Å². The molecule has 0 spiro atoms. The van der Waals surface area contributed by atoms with Crippen molar-refractivity contribution in [3.63, 3.8) is 0 Å². The number of hydrogen-bond acceptors (Lipinski definition) is 2. The third-order valence-corrected chi connectivity index (χ3v) is 2.61. The van der Waals surface area contributed by atoms with Crippen molar-refractivity contribution in [2.75, 3.05) is 0 Å². The van der Waals surface area contributed by atoms with E-state index in [1.54, 1.807) is 13.1 Å². The van der Waals surface area contributed by atoms with E-state index in [-0.39, 0.29) is 0 Å². The third kappa shape index (κ3) is 2.41. The van der Waals surface area contributed by atoms with Gasteiger partial charge in [0.1, 0.15) is 6.10 Å². The molecule has 1 atom stereocenters. The number of aromatic nitrogens is 1. The van der Waals surface area contributed by atoms with Crippen molar-refractivity contribution in [3.8, 4) is 11.8 Å². The number of fused-ring (bicyclic) bond motifs is 1. The molecule has 16 heavy (non-hydrogen) atoms. The van der Waals surface area contributed by atoms with Crippen molar-refractivity contribution < 1.29 is 5.11 Å². The highest BCUT2D eigenvalue weighted by atomic mass is 79.9. The molecule has 0 radical (unpaired) electrons. The van der Waals surface area contributed by atoms with Gasteiger partial charge in [0.25, 0.3) is 0 Å². The number of aliphatic hydroxyl groups excluding tert-OH is 1. The fourth-order valence-corrected chi connectivity index (χ4v) is 1.77. The van der Waals surface area contributed by atoms with Gasteiger partial charge < -0.3 is 5.11 Å². The average Bonchev–Trinajstić information content (AvgIpc) is 2.26. The van der Waals surface area contributed by atoms with E-state index < -0.39 is 6.10 Å². The van der Waals surface area contributed by atoms with E-state index in [0.29, 0.717) is 0 Å². The lowest BCUT2D eigenvalue weighted by molar-refractivity contribution is 0.253. The molecule has 0 aliphatic carbocycles. The minimum atomic E-state index is -0.615. The van der Waals surface area contributed by atoms with E-state index in [9.17, 15) is 0 Å². The van der Waals surface area contributed by atoms with Crippen LogP contribution in [0.4, 0.5) is 0 Å². The standard InChI is InChI=1S/C13H10BrNO/c1-9(16)2-3-10-6-7-15-13-5-4-11(14)8-12(10)13/h4-9,16H,1H3. The minimum Gasteiger partial charge on any atom is -0.381 e. The quantitative estimate of drug-likeness (QED) is 0.750. The molecule has 0 aliphatic rings. The molecule has 1 aromatic heterocycles. The van der Waals surface area contributed by atoms with Gasteiger partial charge >= 0.3 is 0 Å². The Morgan fingerprint density at radius 1 is 1.38 bits per heavy atom. The average molecular weight is 276 g/mol. The Morgan fingerprint density at radius 3 is 2.94 bits per heavy atom. The lowest BCUT2D eigenvalue weighted by Crippen LogP contribution is -1.93. The zero-order valence-electron chi connectivity index (χ0n) is 8.74. The molecule has 1 unspecified atom stereocenters. The highest BCUT2D eigenvalue weighted by Crippen LogP contribution is 2.20. The Hall–Kier alpha value is -1.37. The first-order valence-electron chi connectivity index (χ1n) is 4.91. The number of pyridine rings is 1. The van der Waals surface area contributed by atoms with Crippen LogP contribution in [0.15, 0.2) is 34.9 Å². The Balaban J connectivity index is 2.62. The molecule has 2 nitrogen and oxygen atoms in total. The van der Waals surface area contributed by atoms with Crippen molar-refractivity contribution in [1.82, 2.24) is 4.98 Å². The summed E-state index contributed by atoms with van der Waals surface area (Å²) in [5, 5.41) is 10.1. The van der Waals surface area contributed by atoms with E-state index in [0.717, 1.165) is 20.9 Å². The van der Waals surface area contributed by atoms with Crippen LogP contribution < -0.4 is 0 Å². The number of nitrogens with zero attached hydrogens (tertiary/aromatic N) is 1. The normalized spacial score (nSPS) is 11.9. The first kappa shape index (κ1) is 11.1. The second kappa shape index (κ2) is 4.65. The molecular formula is C13H10BrNO. The molecule has 0 fully saturated rings.